The Hall–Kier alpha value is -0.860. The highest BCUT2D eigenvalue weighted by Crippen LogP contribution is 2.22. The Balaban J connectivity index is 2.15. The molecule has 0 radical (unpaired) electrons. The summed E-state index contributed by atoms with van der Waals surface area (Å²) in [5.41, 5.74) is 3.92. The molecule has 82 valence electrons. The lowest BCUT2D eigenvalue weighted by Crippen LogP contribution is -2.40. The summed E-state index contributed by atoms with van der Waals surface area (Å²) in [6, 6.07) is 7.11. The fraction of sp³-hybridized carbons (Fsp3) is 0.538. The van der Waals surface area contributed by atoms with Crippen molar-refractivity contribution in [2.75, 3.05) is 13.2 Å². The molecule has 1 heterocycles. The number of rotatable bonds is 1. The van der Waals surface area contributed by atoms with Crippen molar-refractivity contribution in [1.82, 2.24) is 5.32 Å². The predicted octanol–water partition coefficient (Wildman–Crippen LogP) is 2.35. The van der Waals surface area contributed by atoms with Crippen molar-refractivity contribution in [3.63, 3.8) is 0 Å². The maximum atomic E-state index is 5.82. The van der Waals surface area contributed by atoms with Gasteiger partial charge in [-0.05, 0) is 26.3 Å². The van der Waals surface area contributed by atoms with Crippen molar-refractivity contribution in [2.24, 2.45) is 0 Å². The zero-order chi connectivity index (χ0) is 10.8. The van der Waals surface area contributed by atoms with Crippen LogP contribution in [0.15, 0.2) is 18.2 Å². The number of hydrogen-bond acceptors (Lipinski definition) is 2. The molecule has 2 unspecified atom stereocenters. The monoisotopic (exact) mass is 205 g/mol. The van der Waals surface area contributed by atoms with Gasteiger partial charge in [0.05, 0.1) is 12.7 Å². The minimum atomic E-state index is 0.222. The molecule has 1 aromatic carbocycles. The van der Waals surface area contributed by atoms with Crippen LogP contribution in [0.4, 0.5) is 0 Å². The average Bonchev–Trinajstić information content (AvgIpc) is 2.17. The molecule has 0 bridgehead atoms. The van der Waals surface area contributed by atoms with E-state index in [0.717, 1.165) is 13.2 Å². The lowest BCUT2D eigenvalue weighted by atomic mass is 10.0. The van der Waals surface area contributed by atoms with E-state index < -0.39 is 0 Å². The Morgan fingerprint density at radius 2 is 1.87 bits per heavy atom. The van der Waals surface area contributed by atoms with E-state index in [1.54, 1.807) is 0 Å². The molecular weight excluding hydrogens is 186 g/mol. The second-order valence-electron chi connectivity index (χ2n) is 4.55. The molecule has 2 atom stereocenters. The SMILES string of the molecule is Cc1cc(C)cc(C2CNC(C)CO2)c1. The molecule has 1 saturated heterocycles. The van der Waals surface area contributed by atoms with E-state index in [9.17, 15) is 0 Å². The molecule has 1 fully saturated rings. The Morgan fingerprint density at radius 3 is 2.40 bits per heavy atom. The number of ether oxygens (including phenoxy) is 1. The van der Waals surface area contributed by atoms with Gasteiger partial charge in [0.2, 0.25) is 0 Å². The van der Waals surface area contributed by atoms with Crippen LogP contribution < -0.4 is 5.32 Å². The van der Waals surface area contributed by atoms with Crippen LogP contribution in [0, 0.1) is 13.8 Å². The minimum Gasteiger partial charge on any atom is -0.371 e. The molecular formula is C13H19NO. The van der Waals surface area contributed by atoms with Crippen LogP contribution in [0.25, 0.3) is 0 Å². The van der Waals surface area contributed by atoms with Gasteiger partial charge in [-0.2, -0.15) is 0 Å². The average molecular weight is 205 g/mol. The highest BCUT2D eigenvalue weighted by atomic mass is 16.5. The summed E-state index contributed by atoms with van der Waals surface area (Å²) in [6.45, 7) is 8.14. The summed E-state index contributed by atoms with van der Waals surface area (Å²) >= 11 is 0. The summed E-state index contributed by atoms with van der Waals surface area (Å²) in [5, 5.41) is 3.44. The normalized spacial score (nSPS) is 26.6. The molecule has 2 rings (SSSR count). The van der Waals surface area contributed by atoms with Gasteiger partial charge in [0.15, 0.2) is 0 Å². The first kappa shape index (κ1) is 10.7. The first-order valence-electron chi connectivity index (χ1n) is 5.58. The van der Waals surface area contributed by atoms with Gasteiger partial charge in [0.25, 0.3) is 0 Å². The highest BCUT2D eigenvalue weighted by molar-refractivity contribution is 5.30. The molecule has 0 aromatic heterocycles. The van der Waals surface area contributed by atoms with E-state index in [2.05, 4.69) is 44.3 Å². The molecule has 0 amide bonds. The van der Waals surface area contributed by atoms with Gasteiger partial charge < -0.3 is 10.1 Å². The Kier molecular flexibility index (Phi) is 3.08. The smallest absolute Gasteiger partial charge is 0.0950 e. The Labute approximate surface area is 91.6 Å². The van der Waals surface area contributed by atoms with Crippen LogP contribution >= 0.6 is 0 Å². The van der Waals surface area contributed by atoms with Crippen molar-refractivity contribution in [2.45, 2.75) is 32.9 Å². The number of benzene rings is 1. The van der Waals surface area contributed by atoms with Gasteiger partial charge >= 0.3 is 0 Å². The molecule has 0 aliphatic carbocycles. The molecule has 2 nitrogen and oxygen atoms in total. The molecule has 2 heteroatoms. The van der Waals surface area contributed by atoms with E-state index >= 15 is 0 Å². The van der Waals surface area contributed by atoms with Crippen LogP contribution in [-0.2, 0) is 4.74 Å². The van der Waals surface area contributed by atoms with Crippen LogP contribution in [0.1, 0.15) is 29.7 Å². The lowest BCUT2D eigenvalue weighted by Gasteiger charge is -2.28. The molecule has 1 aliphatic heterocycles. The predicted molar refractivity (Wildman–Crippen MR) is 62.1 cm³/mol. The minimum absolute atomic E-state index is 0.222. The van der Waals surface area contributed by atoms with Crippen molar-refractivity contribution >= 4 is 0 Å². The number of aryl methyl sites for hydroxylation is 2. The van der Waals surface area contributed by atoms with Crippen LogP contribution in [0.2, 0.25) is 0 Å². The zero-order valence-electron chi connectivity index (χ0n) is 9.71. The summed E-state index contributed by atoms with van der Waals surface area (Å²) in [5.74, 6) is 0. The van der Waals surface area contributed by atoms with E-state index in [-0.39, 0.29) is 6.10 Å². The molecule has 15 heavy (non-hydrogen) atoms. The van der Waals surface area contributed by atoms with Gasteiger partial charge in [0.1, 0.15) is 0 Å². The van der Waals surface area contributed by atoms with E-state index in [0.29, 0.717) is 6.04 Å². The fourth-order valence-corrected chi connectivity index (χ4v) is 2.10. The third kappa shape index (κ3) is 2.58. The first-order valence-corrected chi connectivity index (χ1v) is 5.58. The first-order chi connectivity index (χ1) is 7.15. The summed E-state index contributed by atoms with van der Waals surface area (Å²) in [6.07, 6.45) is 0.222. The summed E-state index contributed by atoms with van der Waals surface area (Å²) in [7, 11) is 0. The van der Waals surface area contributed by atoms with Crippen molar-refractivity contribution in [3.8, 4) is 0 Å². The highest BCUT2D eigenvalue weighted by Gasteiger charge is 2.19. The Bertz CT molecular complexity index is 320. The topological polar surface area (TPSA) is 21.3 Å². The fourth-order valence-electron chi connectivity index (χ4n) is 2.10. The molecule has 1 aliphatic rings. The van der Waals surface area contributed by atoms with Crippen LogP contribution in [0.3, 0.4) is 0 Å². The van der Waals surface area contributed by atoms with E-state index in [4.69, 9.17) is 4.74 Å². The second kappa shape index (κ2) is 4.33. The third-order valence-electron chi connectivity index (χ3n) is 2.81. The molecule has 0 saturated carbocycles. The lowest BCUT2D eigenvalue weighted by molar-refractivity contribution is 0.00690. The number of hydrogen-bond donors (Lipinski definition) is 1. The van der Waals surface area contributed by atoms with Crippen molar-refractivity contribution in [1.29, 1.82) is 0 Å². The molecule has 0 spiro atoms. The van der Waals surface area contributed by atoms with Crippen molar-refractivity contribution in [3.05, 3.63) is 34.9 Å². The standard InChI is InChI=1S/C13H19NO/c1-9-4-10(2)6-12(5-9)13-7-14-11(3)8-15-13/h4-6,11,13-14H,7-8H2,1-3H3. The zero-order valence-corrected chi connectivity index (χ0v) is 9.71. The third-order valence-corrected chi connectivity index (χ3v) is 2.81. The number of nitrogens with one attached hydrogen (secondary N) is 1. The van der Waals surface area contributed by atoms with Gasteiger partial charge in [-0.1, -0.05) is 29.3 Å². The molecule has 1 N–H and O–H groups in total. The Morgan fingerprint density at radius 1 is 1.20 bits per heavy atom. The van der Waals surface area contributed by atoms with E-state index in [1.165, 1.54) is 16.7 Å². The summed E-state index contributed by atoms with van der Waals surface area (Å²) < 4.78 is 5.82. The van der Waals surface area contributed by atoms with Gasteiger partial charge in [0, 0.05) is 12.6 Å². The van der Waals surface area contributed by atoms with E-state index in [1.807, 2.05) is 0 Å². The number of morpholine rings is 1. The largest absolute Gasteiger partial charge is 0.371 e. The van der Waals surface area contributed by atoms with Crippen LogP contribution in [0.5, 0.6) is 0 Å². The maximum absolute atomic E-state index is 5.82. The van der Waals surface area contributed by atoms with Gasteiger partial charge in [-0.15, -0.1) is 0 Å². The van der Waals surface area contributed by atoms with Crippen molar-refractivity contribution < 1.29 is 4.74 Å². The van der Waals surface area contributed by atoms with Gasteiger partial charge in [-0.3, -0.25) is 0 Å². The van der Waals surface area contributed by atoms with Crippen LogP contribution in [-0.4, -0.2) is 19.2 Å². The second-order valence-corrected chi connectivity index (χ2v) is 4.55. The maximum Gasteiger partial charge on any atom is 0.0950 e. The summed E-state index contributed by atoms with van der Waals surface area (Å²) in [4.78, 5) is 0. The quantitative estimate of drug-likeness (QED) is 0.760. The van der Waals surface area contributed by atoms with Gasteiger partial charge in [-0.25, -0.2) is 0 Å². The molecule has 1 aromatic rings.